The van der Waals surface area contributed by atoms with E-state index in [0.29, 0.717) is 32.1 Å². The summed E-state index contributed by atoms with van der Waals surface area (Å²) in [6, 6.07) is 19.3. The SMILES string of the molecule is Nc1c(NC(=O)c2ccc(Cl)cc2)c(Sc2ccc(Cl)cc2)nn1-c1ccccn1. The summed E-state index contributed by atoms with van der Waals surface area (Å²) in [5.74, 6) is 0.490. The minimum absolute atomic E-state index is 0.271. The Balaban J connectivity index is 1.72. The Morgan fingerprint density at radius 3 is 2.27 bits per heavy atom. The summed E-state index contributed by atoms with van der Waals surface area (Å²) in [4.78, 5) is 18.0. The first kappa shape index (κ1) is 20.3. The van der Waals surface area contributed by atoms with E-state index in [2.05, 4.69) is 15.4 Å². The normalized spacial score (nSPS) is 10.7. The molecule has 2 aromatic heterocycles. The van der Waals surface area contributed by atoms with Crippen molar-refractivity contribution in [3.05, 3.63) is 88.5 Å². The van der Waals surface area contributed by atoms with Crippen molar-refractivity contribution in [1.82, 2.24) is 14.8 Å². The molecule has 0 unspecified atom stereocenters. The molecule has 0 radical (unpaired) electrons. The molecule has 9 heteroatoms. The van der Waals surface area contributed by atoms with Crippen LogP contribution in [-0.2, 0) is 0 Å². The Hall–Kier alpha value is -3.00. The van der Waals surface area contributed by atoms with Gasteiger partial charge in [-0.3, -0.25) is 4.79 Å². The summed E-state index contributed by atoms with van der Waals surface area (Å²) < 4.78 is 1.50. The number of halogens is 2. The number of carbonyl (C=O) groups excluding carboxylic acids is 1. The lowest BCUT2D eigenvalue weighted by atomic mass is 10.2. The Bertz CT molecular complexity index is 1180. The highest BCUT2D eigenvalue weighted by Crippen LogP contribution is 2.37. The van der Waals surface area contributed by atoms with E-state index < -0.39 is 0 Å². The van der Waals surface area contributed by atoms with Crippen LogP contribution >= 0.6 is 35.0 Å². The number of nitrogens with zero attached hydrogens (tertiary/aromatic N) is 3. The molecule has 0 saturated heterocycles. The largest absolute Gasteiger partial charge is 0.382 e. The minimum Gasteiger partial charge on any atom is -0.382 e. The fourth-order valence-electron chi connectivity index (χ4n) is 2.65. The molecule has 0 aliphatic rings. The van der Waals surface area contributed by atoms with Crippen LogP contribution in [0.4, 0.5) is 11.5 Å². The molecular formula is C21H15Cl2N5OS. The van der Waals surface area contributed by atoms with Gasteiger partial charge in [-0.1, -0.05) is 41.0 Å². The van der Waals surface area contributed by atoms with E-state index in [9.17, 15) is 4.79 Å². The van der Waals surface area contributed by atoms with Crippen molar-refractivity contribution in [2.45, 2.75) is 9.92 Å². The molecule has 3 N–H and O–H groups in total. The number of rotatable bonds is 5. The lowest BCUT2D eigenvalue weighted by Gasteiger charge is -2.07. The molecular weight excluding hydrogens is 441 g/mol. The number of hydrogen-bond acceptors (Lipinski definition) is 5. The standard InChI is InChI=1S/C21H15Cl2N5OS/c22-14-6-4-13(5-7-14)20(29)26-18-19(24)28(17-3-1-2-12-25-17)27-21(18)30-16-10-8-15(23)9-11-16/h1-12H,24H2,(H,26,29). The topological polar surface area (TPSA) is 85.8 Å². The Morgan fingerprint density at radius 1 is 0.967 bits per heavy atom. The van der Waals surface area contributed by atoms with Gasteiger partial charge in [-0.25, -0.2) is 4.98 Å². The van der Waals surface area contributed by atoms with Crippen molar-refractivity contribution in [3.63, 3.8) is 0 Å². The molecule has 1 amide bonds. The van der Waals surface area contributed by atoms with Crippen molar-refractivity contribution >= 4 is 52.4 Å². The predicted octanol–water partition coefficient (Wildman–Crippen LogP) is 5.56. The van der Waals surface area contributed by atoms with Crippen LogP contribution in [0.1, 0.15) is 10.4 Å². The first-order valence-electron chi connectivity index (χ1n) is 8.81. The number of aromatic nitrogens is 3. The van der Waals surface area contributed by atoms with Crippen LogP contribution in [0.15, 0.2) is 82.8 Å². The van der Waals surface area contributed by atoms with E-state index in [-0.39, 0.29) is 11.7 Å². The second-order valence-electron chi connectivity index (χ2n) is 6.18. The molecule has 0 aliphatic carbocycles. The molecule has 0 bridgehead atoms. The third-order valence-electron chi connectivity index (χ3n) is 4.13. The zero-order valence-corrected chi connectivity index (χ0v) is 17.7. The van der Waals surface area contributed by atoms with E-state index in [1.54, 1.807) is 54.7 Å². The first-order valence-corrected chi connectivity index (χ1v) is 10.4. The number of nitrogens with two attached hydrogens (primary N) is 1. The fourth-order valence-corrected chi connectivity index (χ4v) is 3.78. The van der Waals surface area contributed by atoms with Gasteiger partial charge in [0.2, 0.25) is 0 Å². The second kappa shape index (κ2) is 8.79. The highest BCUT2D eigenvalue weighted by atomic mass is 35.5. The number of nitrogen functional groups attached to an aromatic ring is 1. The zero-order chi connectivity index (χ0) is 21.1. The highest BCUT2D eigenvalue weighted by Gasteiger charge is 2.21. The maximum Gasteiger partial charge on any atom is 0.255 e. The van der Waals surface area contributed by atoms with Crippen molar-refractivity contribution in [1.29, 1.82) is 0 Å². The van der Waals surface area contributed by atoms with E-state index in [0.717, 1.165) is 4.90 Å². The van der Waals surface area contributed by atoms with E-state index in [4.69, 9.17) is 28.9 Å². The van der Waals surface area contributed by atoms with Crippen LogP contribution in [0.2, 0.25) is 10.0 Å². The van der Waals surface area contributed by atoms with Crippen molar-refractivity contribution in [3.8, 4) is 5.82 Å². The minimum atomic E-state index is -0.322. The summed E-state index contributed by atoms with van der Waals surface area (Å²) in [5, 5.41) is 9.17. The van der Waals surface area contributed by atoms with Gasteiger partial charge in [-0.15, -0.1) is 0 Å². The summed E-state index contributed by atoms with van der Waals surface area (Å²) >= 11 is 13.3. The Labute approximate surface area is 187 Å². The number of anilines is 2. The summed E-state index contributed by atoms with van der Waals surface area (Å²) in [5.41, 5.74) is 7.21. The number of benzene rings is 2. The van der Waals surface area contributed by atoms with Crippen LogP contribution < -0.4 is 11.1 Å². The van der Waals surface area contributed by atoms with E-state index in [1.807, 2.05) is 18.2 Å². The maximum atomic E-state index is 12.8. The van der Waals surface area contributed by atoms with Crippen LogP contribution in [0.25, 0.3) is 5.82 Å². The average molecular weight is 456 g/mol. The summed E-state index contributed by atoms with van der Waals surface area (Å²) in [6.45, 7) is 0. The van der Waals surface area contributed by atoms with Gasteiger partial charge in [0.25, 0.3) is 5.91 Å². The lowest BCUT2D eigenvalue weighted by Crippen LogP contribution is -2.13. The number of hydrogen-bond donors (Lipinski definition) is 2. The molecule has 30 heavy (non-hydrogen) atoms. The van der Waals surface area contributed by atoms with Gasteiger partial charge in [0.05, 0.1) is 0 Å². The molecule has 0 fully saturated rings. The molecule has 2 heterocycles. The van der Waals surface area contributed by atoms with Crippen LogP contribution in [0.5, 0.6) is 0 Å². The fraction of sp³-hybridized carbons (Fsp3) is 0. The first-order chi connectivity index (χ1) is 14.5. The predicted molar refractivity (Wildman–Crippen MR) is 121 cm³/mol. The second-order valence-corrected chi connectivity index (χ2v) is 8.12. The lowest BCUT2D eigenvalue weighted by molar-refractivity contribution is 0.102. The molecule has 4 aromatic rings. The van der Waals surface area contributed by atoms with Crippen LogP contribution in [-0.4, -0.2) is 20.7 Å². The molecule has 0 spiro atoms. The molecule has 4 rings (SSSR count). The molecule has 0 aliphatic heterocycles. The molecule has 150 valence electrons. The third kappa shape index (κ3) is 4.43. The van der Waals surface area contributed by atoms with Gasteiger partial charge in [0.1, 0.15) is 10.7 Å². The molecule has 2 aromatic carbocycles. The highest BCUT2D eigenvalue weighted by molar-refractivity contribution is 7.99. The van der Waals surface area contributed by atoms with Gasteiger partial charge in [0, 0.05) is 26.7 Å². The van der Waals surface area contributed by atoms with Crippen LogP contribution in [0, 0.1) is 0 Å². The third-order valence-corrected chi connectivity index (χ3v) is 5.62. The Kier molecular flexibility index (Phi) is 5.94. The van der Waals surface area contributed by atoms with E-state index in [1.165, 1.54) is 16.4 Å². The Morgan fingerprint density at radius 2 is 1.63 bits per heavy atom. The monoisotopic (exact) mass is 455 g/mol. The summed E-state index contributed by atoms with van der Waals surface area (Å²) in [7, 11) is 0. The van der Waals surface area contributed by atoms with Crippen molar-refractivity contribution in [2.24, 2.45) is 0 Å². The molecule has 6 nitrogen and oxygen atoms in total. The zero-order valence-electron chi connectivity index (χ0n) is 15.4. The molecule has 0 atom stereocenters. The average Bonchev–Trinajstić information content (AvgIpc) is 3.06. The van der Waals surface area contributed by atoms with Gasteiger partial charge in [-0.2, -0.15) is 9.78 Å². The number of carbonyl (C=O) groups is 1. The number of nitrogens with one attached hydrogen (secondary N) is 1. The smallest absolute Gasteiger partial charge is 0.255 e. The van der Waals surface area contributed by atoms with Crippen molar-refractivity contribution in [2.75, 3.05) is 11.1 Å². The maximum absolute atomic E-state index is 12.8. The van der Waals surface area contributed by atoms with Gasteiger partial charge < -0.3 is 11.1 Å². The van der Waals surface area contributed by atoms with E-state index >= 15 is 0 Å². The molecule has 0 saturated carbocycles. The number of amides is 1. The van der Waals surface area contributed by atoms with Crippen LogP contribution in [0.3, 0.4) is 0 Å². The number of pyridine rings is 1. The summed E-state index contributed by atoms with van der Waals surface area (Å²) in [6.07, 6.45) is 1.65. The quantitative estimate of drug-likeness (QED) is 0.411. The van der Waals surface area contributed by atoms with Crippen molar-refractivity contribution < 1.29 is 4.79 Å². The van der Waals surface area contributed by atoms with Gasteiger partial charge >= 0.3 is 0 Å². The van der Waals surface area contributed by atoms with Gasteiger partial charge in [0.15, 0.2) is 11.6 Å². The van der Waals surface area contributed by atoms with Gasteiger partial charge in [-0.05, 0) is 60.7 Å².